The van der Waals surface area contributed by atoms with Crippen molar-refractivity contribution in [2.45, 2.75) is 13.0 Å². The van der Waals surface area contributed by atoms with E-state index in [0.717, 1.165) is 12.2 Å². The summed E-state index contributed by atoms with van der Waals surface area (Å²) in [6, 6.07) is 2.37. The molecule has 78 valence electrons. The first-order chi connectivity index (χ1) is 6.59. The van der Waals surface area contributed by atoms with Crippen LogP contribution in [0.4, 0.5) is 11.4 Å². The van der Waals surface area contributed by atoms with Gasteiger partial charge in [0.1, 0.15) is 0 Å². The Bertz CT molecular complexity index is 285. The maximum absolute atomic E-state index is 5.61. The number of aromatic nitrogens is 1. The highest BCUT2D eigenvalue weighted by Gasteiger charge is 2.03. The number of hydrogen-bond donors (Lipinski definition) is 2. The summed E-state index contributed by atoms with van der Waals surface area (Å²) in [6.07, 6.45) is 3.42. The zero-order valence-electron chi connectivity index (χ0n) is 8.99. The van der Waals surface area contributed by atoms with Crippen LogP contribution in [0, 0.1) is 0 Å². The van der Waals surface area contributed by atoms with Gasteiger partial charge in [0.15, 0.2) is 0 Å². The van der Waals surface area contributed by atoms with Crippen molar-refractivity contribution in [3.63, 3.8) is 0 Å². The van der Waals surface area contributed by atoms with Crippen molar-refractivity contribution in [3.05, 3.63) is 18.5 Å². The third-order valence-electron chi connectivity index (χ3n) is 2.24. The van der Waals surface area contributed by atoms with E-state index in [2.05, 4.69) is 36.2 Å². The van der Waals surface area contributed by atoms with Gasteiger partial charge in [-0.25, -0.2) is 0 Å². The molecule has 1 rings (SSSR count). The lowest BCUT2D eigenvalue weighted by atomic mass is 10.3. The van der Waals surface area contributed by atoms with Crippen LogP contribution < -0.4 is 11.1 Å². The molecule has 1 aromatic rings. The van der Waals surface area contributed by atoms with Gasteiger partial charge in [-0.1, -0.05) is 0 Å². The Morgan fingerprint density at radius 1 is 1.50 bits per heavy atom. The minimum Gasteiger partial charge on any atom is -0.397 e. The van der Waals surface area contributed by atoms with Crippen molar-refractivity contribution < 1.29 is 0 Å². The number of hydrogen-bond acceptors (Lipinski definition) is 4. The quantitative estimate of drug-likeness (QED) is 0.751. The molecule has 1 unspecified atom stereocenters. The molecule has 0 amide bonds. The van der Waals surface area contributed by atoms with Crippen LogP contribution >= 0.6 is 0 Å². The van der Waals surface area contributed by atoms with Crippen molar-refractivity contribution in [2.24, 2.45) is 0 Å². The molecule has 4 heteroatoms. The van der Waals surface area contributed by atoms with E-state index in [9.17, 15) is 0 Å². The van der Waals surface area contributed by atoms with Crippen LogP contribution in [0.2, 0.25) is 0 Å². The molecule has 1 atom stereocenters. The number of rotatable bonds is 4. The summed E-state index contributed by atoms with van der Waals surface area (Å²) in [5, 5.41) is 3.28. The molecule has 0 bridgehead atoms. The number of pyridine rings is 1. The van der Waals surface area contributed by atoms with Crippen LogP contribution in [0.1, 0.15) is 6.92 Å². The zero-order chi connectivity index (χ0) is 10.6. The van der Waals surface area contributed by atoms with Gasteiger partial charge in [0.25, 0.3) is 0 Å². The average molecular weight is 194 g/mol. The van der Waals surface area contributed by atoms with Crippen molar-refractivity contribution in [3.8, 4) is 0 Å². The first-order valence-electron chi connectivity index (χ1n) is 4.70. The molecule has 0 fully saturated rings. The van der Waals surface area contributed by atoms with Crippen LogP contribution in [-0.2, 0) is 0 Å². The lowest BCUT2D eigenvalue weighted by molar-refractivity contribution is 0.326. The molecule has 0 saturated carbocycles. The minimum absolute atomic E-state index is 0.483. The predicted molar refractivity (Wildman–Crippen MR) is 60.3 cm³/mol. The molecule has 0 spiro atoms. The second-order valence-electron chi connectivity index (χ2n) is 3.70. The molecule has 1 aromatic heterocycles. The number of nitrogens with two attached hydrogens (primary N) is 1. The van der Waals surface area contributed by atoms with Gasteiger partial charge in [-0.15, -0.1) is 0 Å². The molecule has 4 nitrogen and oxygen atoms in total. The fourth-order valence-corrected chi connectivity index (χ4v) is 1.00. The molecular weight excluding hydrogens is 176 g/mol. The fraction of sp³-hybridized carbons (Fsp3) is 0.500. The van der Waals surface area contributed by atoms with Crippen molar-refractivity contribution in [1.82, 2.24) is 9.88 Å². The smallest absolute Gasteiger partial charge is 0.0547 e. The lowest BCUT2D eigenvalue weighted by Crippen LogP contribution is -2.31. The highest BCUT2D eigenvalue weighted by molar-refractivity contribution is 5.51. The van der Waals surface area contributed by atoms with E-state index in [-0.39, 0.29) is 0 Å². The van der Waals surface area contributed by atoms with Crippen LogP contribution in [0.3, 0.4) is 0 Å². The zero-order valence-corrected chi connectivity index (χ0v) is 8.99. The van der Waals surface area contributed by atoms with E-state index in [4.69, 9.17) is 5.73 Å². The van der Waals surface area contributed by atoms with Crippen LogP contribution in [-0.4, -0.2) is 36.6 Å². The van der Waals surface area contributed by atoms with E-state index in [1.54, 1.807) is 12.4 Å². The first-order valence-corrected chi connectivity index (χ1v) is 4.70. The fourth-order valence-electron chi connectivity index (χ4n) is 1.00. The summed E-state index contributed by atoms with van der Waals surface area (Å²) in [5.41, 5.74) is 7.27. The molecule has 0 saturated heterocycles. The highest BCUT2D eigenvalue weighted by Crippen LogP contribution is 2.09. The van der Waals surface area contributed by atoms with Gasteiger partial charge in [-0.2, -0.15) is 0 Å². The van der Waals surface area contributed by atoms with Crippen LogP contribution in [0.25, 0.3) is 0 Å². The van der Waals surface area contributed by atoms with E-state index in [0.29, 0.717) is 11.7 Å². The minimum atomic E-state index is 0.483. The van der Waals surface area contributed by atoms with E-state index >= 15 is 0 Å². The van der Waals surface area contributed by atoms with Gasteiger partial charge < -0.3 is 16.0 Å². The van der Waals surface area contributed by atoms with Gasteiger partial charge in [-0.05, 0) is 27.1 Å². The van der Waals surface area contributed by atoms with E-state index < -0.39 is 0 Å². The summed E-state index contributed by atoms with van der Waals surface area (Å²) < 4.78 is 0. The molecule has 14 heavy (non-hydrogen) atoms. The van der Waals surface area contributed by atoms with Crippen LogP contribution in [0.5, 0.6) is 0 Å². The summed E-state index contributed by atoms with van der Waals surface area (Å²) >= 11 is 0. The van der Waals surface area contributed by atoms with Crippen molar-refractivity contribution in [2.75, 3.05) is 31.7 Å². The number of likely N-dealkylation sites (N-methyl/N-ethyl adjacent to an activating group) is 1. The molecule has 0 aromatic carbocycles. The SMILES string of the molecule is CC(CNc1cncc(N)c1)N(C)C. The summed E-state index contributed by atoms with van der Waals surface area (Å²) in [7, 11) is 4.12. The summed E-state index contributed by atoms with van der Waals surface area (Å²) in [4.78, 5) is 6.17. The Morgan fingerprint density at radius 3 is 2.79 bits per heavy atom. The maximum atomic E-state index is 5.61. The molecule has 0 aliphatic heterocycles. The van der Waals surface area contributed by atoms with E-state index in [1.807, 2.05) is 6.07 Å². The number of nitrogens with one attached hydrogen (secondary N) is 1. The van der Waals surface area contributed by atoms with E-state index in [1.165, 1.54) is 0 Å². The monoisotopic (exact) mass is 194 g/mol. The Hall–Kier alpha value is -1.29. The number of anilines is 2. The Labute approximate surface area is 85.1 Å². The molecular formula is C10H18N4. The Kier molecular flexibility index (Phi) is 3.71. The van der Waals surface area contributed by atoms with Gasteiger partial charge in [0, 0.05) is 18.8 Å². The topological polar surface area (TPSA) is 54.2 Å². The van der Waals surface area contributed by atoms with Gasteiger partial charge in [0.05, 0.1) is 17.6 Å². The van der Waals surface area contributed by atoms with Crippen molar-refractivity contribution >= 4 is 11.4 Å². The summed E-state index contributed by atoms with van der Waals surface area (Å²) in [5.74, 6) is 0. The standard InChI is InChI=1S/C10H18N4/c1-8(14(2)3)5-13-10-4-9(11)6-12-7-10/h4,6-8,13H,5,11H2,1-3H3. The largest absolute Gasteiger partial charge is 0.397 e. The lowest BCUT2D eigenvalue weighted by Gasteiger charge is -2.20. The molecule has 0 aliphatic carbocycles. The highest BCUT2D eigenvalue weighted by atomic mass is 15.1. The second-order valence-corrected chi connectivity index (χ2v) is 3.70. The molecule has 3 N–H and O–H groups in total. The Balaban J connectivity index is 2.45. The third kappa shape index (κ3) is 3.22. The molecule has 0 radical (unpaired) electrons. The van der Waals surface area contributed by atoms with Gasteiger partial charge in [0.2, 0.25) is 0 Å². The molecule has 0 aliphatic rings. The predicted octanol–water partition coefficient (Wildman–Crippen LogP) is 1.03. The first kappa shape index (κ1) is 10.8. The Morgan fingerprint density at radius 2 is 2.21 bits per heavy atom. The van der Waals surface area contributed by atoms with Gasteiger partial charge >= 0.3 is 0 Å². The third-order valence-corrected chi connectivity index (χ3v) is 2.24. The normalized spacial score (nSPS) is 12.9. The van der Waals surface area contributed by atoms with Gasteiger partial charge in [-0.3, -0.25) is 4.98 Å². The average Bonchev–Trinajstić information content (AvgIpc) is 2.14. The number of nitrogen functional groups attached to an aromatic ring is 1. The van der Waals surface area contributed by atoms with Crippen molar-refractivity contribution in [1.29, 1.82) is 0 Å². The second kappa shape index (κ2) is 4.81. The number of nitrogens with zero attached hydrogens (tertiary/aromatic N) is 2. The summed E-state index contributed by atoms with van der Waals surface area (Å²) in [6.45, 7) is 3.05. The van der Waals surface area contributed by atoms with Crippen LogP contribution in [0.15, 0.2) is 18.5 Å². The maximum Gasteiger partial charge on any atom is 0.0547 e. The molecule has 1 heterocycles.